The van der Waals surface area contributed by atoms with E-state index in [0.717, 1.165) is 24.8 Å². The van der Waals surface area contributed by atoms with E-state index < -0.39 is 11.9 Å². The predicted molar refractivity (Wildman–Crippen MR) is 132 cm³/mol. The number of nitrogens with one attached hydrogen (secondary N) is 1. The average molecular weight is 475 g/mol. The van der Waals surface area contributed by atoms with Gasteiger partial charge in [0.1, 0.15) is 12.6 Å². The summed E-state index contributed by atoms with van der Waals surface area (Å²) in [5.74, 6) is -0.977. The number of nitrogens with two attached hydrogens (primary N) is 1. The first kappa shape index (κ1) is 27.8. The number of hydroxylamine groups is 2. The van der Waals surface area contributed by atoms with Gasteiger partial charge < -0.3 is 16.0 Å². The van der Waals surface area contributed by atoms with E-state index in [0.29, 0.717) is 31.0 Å². The molecule has 2 atom stereocenters. The lowest BCUT2D eigenvalue weighted by Crippen LogP contribution is -2.62. The Kier molecular flexibility index (Phi) is 12.6. The van der Waals surface area contributed by atoms with Gasteiger partial charge in [0.05, 0.1) is 0 Å². The average Bonchev–Trinajstić information content (AvgIpc) is 2.83. The largest absolute Gasteiger partial charge is 0.356 e. The minimum Gasteiger partial charge on any atom is -0.356 e. The topological polar surface area (TPSA) is 116 Å². The molecule has 0 aliphatic carbocycles. The molecule has 190 valence electrons. The van der Waals surface area contributed by atoms with Gasteiger partial charge in [-0.05, 0) is 24.9 Å². The highest BCUT2D eigenvalue weighted by Gasteiger charge is 2.42. The maximum Gasteiger partial charge on any atom is 0.266 e. The number of benzene rings is 1. The third kappa shape index (κ3) is 9.06. The molecule has 1 aromatic rings. The smallest absolute Gasteiger partial charge is 0.266 e. The fourth-order valence-electron chi connectivity index (χ4n) is 4.41. The summed E-state index contributed by atoms with van der Waals surface area (Å²) in [6.45, 7) is 2.97. The number of amides is 3. The first-order valence-corrected chi connectivity index (χ1v) is 12.8. The summed E-state index contributed by atoms with van der Waals surface area (Å²) >= 11 is 0. The Balaban J connectivity index is 2.06. The molecule has 1 heterocycles. The van der Waals surface area contributed by atoms with Crippen molar-refractivity contribution in [2.45, 2.75) is 89.6 Å². The molecule has 1 saturated heterocycles. The Morgan fingerprint density at radius 3 is 2.44 bits per heavy atom. The van der Waals surface area contributed by atoms with Gasteiger partial charge in [-0.1, -0.05) is 82.2 Å². The Hall–Kier alpha value is -2.45. The molecule has 1 fully saturated rings. The summed E-state index contributed by atoms with van der Waals surface area (Å²) in [5.41, 5.74) is 6.37. The van der Waals surface area contributed by atoms with Crippen LogP contribution >= 0.6 is 0 Å². The molecule has 8 heteroatoms. The molecule has 1 aromatic carbocycles. The number of carbonyl (C=O) groups excluding carboxylic acids is 3. The second-order valence-corrected chi connectivity index (χ2v) is 9.17. The van der Waals surface area contributed by atoms with Crippen molar-refractivity contribution in [3.05, 3.63) is 35.9 Å². The number of nitrogens with zero attached hydrogens (tertiary/aromatic N) is 2. The number of rotatable bonds is 16. The van der Waals surface area contributed by atoms with Crippen LogP contribution in [0.25, 0.3) is 0 Å². The van der Waals surface area contributed by atoms with Crippen LogP contribution < -0.4 is 11.1 Å². The molecule has 2 rings (SSSR count). The molecule has 1 aliphatic heterocycles. The zero-order chi connectivity index (χ0) is 24.8. The zero-order valence-electron chi connectivity index (χ0n) is 20.6. The third-order valence-corrected chi connectivity index (χ3v) is 6.40. The Bertz CT molecular complexity index is 758. The van der Waals surface area contributed by atoms with Gasteiger partial charge in [0, 0.05) is 25.4 Å². The second-order valence-electron chi connectivity index (χ2n) is 9.17. The summed E-state index contributed by atoms with van der Waals surface area (Å²) in [5, 5.41) is 13.8. The molecule has 1 aliphatic rings. The van der Waals surface area contributed by atoms with Crippen LogP contribution in [0.1, 0.15) is 76.7 Å². The number of carbonyl (C=O) groups is 3. The summed E-state index contributed by atoms with van der Waals surface area (Å²) in [6.07, 6.45) is 9.64. The molecule has 0 aromatic heterocycles. The van der Waals surface area contributed by atoms with Crippen molar-refractivity contribution in [1.82, 2.24) is 15.3 Å². The van der Waals surface area contributed by atoms with Crippen LogP contribution in [0, 0.1) is 0 Å². The monoisotopic (exact) mass is 474 g/mol. The lowest BCUT2D eigenvalue weighted by atomic mass is 9.97. The first-order chi connectivity index (χ1) is 16.5. The molecule has 0 spiro atoms. The van der Waals surface area contributed by atoms with E-state index in [1.165, 1.54) is 30.6 Å². The van der Waals surface area contributed by atoms with Gasteiger partial charge in [-0.2, -0.15) is 0 Å². The van der Waals surface area contributed by atoms with Gasteiger partial charge in [-0.25, -0.2) is 5.06 Å². The molecular formula is C26H42N4O4. The van der Waals surface area contributed by atoms with E-state index in [4.69, 9.17) is 5.73 Å². The van der Waals surface area contributed by atoms with E-state index in [1.54, 1.807) is 0 Å². The first-order valence-electron chi connectivity index (χ1n) is 12.8. The van der Waals surface area contributed by atoms with Crippen molar-refractivity contribution in [3.8, 4) is 0 Å². The van der Waals surface area contributed by atoms with Crippen LogP contribution in [-0.2, 0) is 20.8 Å². The van der Waals surface area contributed by atoms with Crippen molar-refractivity contribution >= 4 is 17.7 Å². The third-order valence-electron chi connectivity index (χ3n) is 6.40. The van der Waals surface area contributed by atoms with Crippen molar-refractivity contribution in [2.75, 3.05) is 19.6 Å². The van der Waals surface area contributed by atoms with Gasteiger partial charge in [0.15, 0.2) is 0 Å². The zero-order valence-corrected chi connectivity index (χ0v) is 20.6. The summed E-state index contributed by atoms with van der Waals surface area (Å²) in [6, 6.07) is 7.97. The van der Waals surface area contributed by atoms with Crippen molar-refractivity contribution in [1.29, 1.82) is 0 Å². The lowest BCUT2D eigenvalue weighted by molar-refractivity contribution is -0.195. The summed E-state index contributed by atoms with van der Waals surface area (Å²) in [4.78, 5) is 40.1. The SMILES string of the molecule is CCCCCCCCCC(CC(=O)NCCCN)N1CC(=O)N(O)C(Cc2ccccc2)C1=O. The van der Waals surface area contributed by atoms with Crippen LogP contribution in [0.15, 0.2) is 30.3 Å². The highest BCUT2D eigenvalue weighted by molar-refractivity contribution is 5.95. The van der Waals surface area contributed by atoms with E-state index in [9.17, 15) is 19.6 Å². The number of hydrogen-bond donors (Lipinski definition) is 3. The minimum absolute atomic E-state index is 0.142. The summed E-state index contributed by atoms with van der Waals surface area (Å²) < 4.78 is 0. The van der Waals surface area contributed by atoms with Crippen LogP contribution in [0.4, 0.5) is 0 Å². The van der Waals surface area contributed by atoms with Crippen LogP contribution in [0.2, 0.25) is 0 Å². The second kappa shape index (κ2) is 15.5. The van der Waals surface area contributed by atoms with Gasteiger partial charge in [0.2, 0.25) is 11.8 Å². The number of unbranched alkanes of at least 4 members (excludes halogenated alkanes) is 6. The molecule has 0 radical (unpaired) electrons. The highest BCUT2D eigenvalue weighted by atomic mass is 16.5. The fraction of sp³-hybridized carbons (Fsp3) is 0.654. The van der Waals surface area contributed by atoms with E-state index in [-0.39, 0.29) is 37.2 Å². The van der Waals surface area contributed by atoms with E-state index in [2.05, 4.69) is 12.2 Å². The van der Waals surface area contributed by atoms with Crippen LogP contribution in [0.3, 0.4) is 0 Å². The Morgan fingerprint density at radius 2 is 1.76 bits per heavy atom. The van der Waals surface area contributed by atoms with Gasteiger partial charge in [-0.3, -0.25) is 19.6 Å². The molecule has 0 bridgehead atoms. The summed E-state index contributed by atoms with van der Waals surface area (Å²) in [7, 11) is 0. The fourth-order valence-corrected chi connectivity index (χ4v) is 4.41. The van der Waals surface area contributed by atoms with E-state index >= 15 is 0 Å². The predicted octanol–water partition coefficient (Wildman–Crippen LogP) is 3.02. The van der Waals surface area contributed by atoms with Crippen molar-refractivity contribution in [2.24, 2.45) is 5.73 Å². The molecule has 0 saturated carbocycles. The quantitative estimate of drug-likeness (QED) is 0.252. The lowest BCUT2D eigenvalue weighted by Gasteiger charge is -2.40. The highest BCUT2D eigenvalue weighted by Crippen LogP contribution is 2.22. The number of piperazine rings is 1. The maximum absolute atomic E-state index is 13.4. The van der Waals surface area contributed by atoms with Gasteiger partial charge in [-0.15, -0.1) is 0 Å². The minimum atomic E-state index is -0.986. The Morgan fingerprint density at radius 1 is 1.09 bits per heavy atom. The Labute approximate surface area is 203 Å². The van der Waals surface area contributed by atoms with Crippen LogP contribution in [-0.4, -0.2) is 64.6 Å². The molecular weight excluding hydrogens is 432 g/mol. The van der Waals surface area contributed by atoms with Crippen LogP contribution in [0.5, 0.6) is 0 Å². The molecule has 8 nitrogen and oxygen atoms in total. The molecule has 3 amide bonds. The molecule has 4 N–H and O–H groups in total. The van der Waals surface area contributed by atoms with Crippen molar-refractivity contribution in [3.63, 3.8) is 0 Å². The molecule has 2 unspecified atom stereocenters. The number of hydrogen-bond acceptors (Lipinski definition) is 5. The van der Waals surface area contributed by atoms with E-state index in [1.807, 2.05) is 30.3 Å². The standard InChI is InChI=1S/C26H42N4O4/c1-2-3-4-5-6-7-11-15-22(19-24(31)28-17-12-16-27)29-20-25(32)30(34)23(26(29)33)18-21-13-9-8-10-14-21/h8-10,13-14,22-23,34H,2-7,11-12,15-20,27H2,1H3,(H,28,31). The molecule has 34 heavy (non-hydrogen) atoms. The van der Waals surface area contributed by atoms with Crippen molar-refractivity contribution < 1.29 is 19.6 Å². The maximum atomic E-state index is 13.4. The van der Waals surface area contributed by atoms with Gasteiger partial charge >= 0.3 is 0 Å². The van der Waals surface area contributed by atoms with Gasteiger partial charge in [0.25, 0.3) is 5.91 Å². The normalized spacial score (nSPS) is 17.2.